The number of halogens is 2. The lowest BCUT2D eigenvalue weighted by atomic mass is 9.64. The van der Waals surface area contributed by atoms with Crippen molar-refractivity contribution >= 4 is 5.97 Å². The van der Waals surface area contributed by atoms with Gasteiger partial charge < -0.3 is 9.58 Å². The van der Waals surface area contributed by atoms with Crippen LogP contribution in [0.4, 0.5) is 8.78 Å². The monoisotopic (exact) mass is 423 g/mol. The van der Waals surface area contributed by atoms with Crippen molar-refractivity contribution in [3.8, 4) is 11.3 Å². The van der Waals surface area contributed by atoms with E-state index in [1.165, 1.54) is 24.3 Å². The van der Waals surface area contributed by atoms with E-state index in [-0.39, 0.29) is 29.2 Å². The molecule has 0 spiro atoms. The molecule has 1 saturated carbocycles. The molecule has 2 aliphatic carbocycles. The molecule has 2 aliphatic rings. The van der Waals surface area contributed by atoms with E-state index in [1.54, 1.807) is 19.1 Å². The highest BCUT2D eigenvalue weighted by molar-refractivity contribution is 5.82. The molecule has 0 N–H and O–H groups in total. The van der Waals surface area contributed by atoms with Gasteiger partial charge >= 0.3 is 5.97 Å². The second-order valence-electron chi connectivity index (χ2n) is 8.60. The zero-order valence-electron chi connectivity index (χ0n) is 17.7. The topological polar surface area (TPSA) is 56.4 Å². The van der Waals surface area contributed by atoms with Gasteiger partial charge in [0, 0.05) is 12.2 Å². The van der Waals surface area contributed by atoms with Crippen molar-refractivity contribution in [1.82, 2.24) is 10.2 Å². The van der Waals surface area contributed by atoms with Crippen molar-refractivity contribution in [2.45, 2.75) is 51.0 Å². The maximum Gasteiger partial charge on any atom is 0.330 e. The van der Waals surface area contributed by atoms with E-state index in [9.17, 15) is 13.6 Å². The number of carbonyl (C=O) groups is 1. The number of nitrogens with zero attached hydrogens (tertiary/aromatic N) is 3. The van der Waals surface area contributed by atoms with E-state index in [0.29, 0.717) is 5.69 Å². The van der Waals surface area contributed by atoms with Crippen LogP contribution < -0.4 is 0 Å². The Labute approximate surface area is 180 Å². The molecule has 0 radical (unpaired) electrons. The Bertz CT molecular complexity index is 1100. The number of carbonyl (C=O) groups excluding carboxylic acids is 1. The number of hydrogen-bond donors (Lipinski definition) is 0. The summed E-state index contributed by atoms with van der Waals surface area (Å²) in [5, 5.41) is 8.59. The summed E-state index contributed by atoms with van der Waals surface area (Å²) in [5.41, 5.74) is 0.526. The highest BCUT2D eigenvalue weighted by atomic mass is 19.1. The summed E-state index contributed by atoms with van der Waals surface area (Å²) in [5.74, 6) is -1.80. The summed E-state index contributed by atoms with van der Waals surface area (Å²) >= 11 is 0. The average Bonchev–Trinajstić information content (AvgIpc) is 3.10. The van der Waals surface area contributed by atoms with Crippen molar-refractivity contribution in [1.29, 1.82) is 0 Å². The summed E-state index contributed by atoms with van der Waals surface area (Å²) in [6.07, 6.45) is 4.44. The lowest BCUT2D eigenvalue weighted by Gasteiger charge is -2.36. The number of esters is 1. The van der Waals surface area contributed by atoms with E-state index in [4.69, 9.17) is 11.3 Å². The van der Waals surface area contributed by atoms with Crippen LogP contribution in [0.3, 0.4) is 0 Å². The molecule has 3 atom stereocenters. The molecule has 0 saturated heterocycles. The van der Waals surface area contributed by atoms with Gasteiger partial charge in [0.25, 0.3) is 6.04 Å². The van der Waals surface area contributed by atoms with Gasteiger partial charge in [-0.1, -0.05) is 19.9 Å². The Morgan fingerprint density at radius 3 is 2.71 bits per heavy atom. The Kier molecular flexibility index (Phi) is 5.12. The first kappa shape index (κ1) is 21.1. The van der Waals surface area contributed by atoms with Crippen LogP contribution in [0.15, 0.2) is 36.4 Å². The minimum atomic E-state index is -0.692. The fraction of sp³-hybridized carbons (Fsp3) is 0.417. The lowest BCUT2D eigenvalue weighted by molar-refractivity contribution is -0.137. The number of ether oxygens (including phenoxy) is 1. The first-order valence-corrected chi connectivity index (χ1v) is 10.3. The molecule has 1 heterocycles. The molecule has 1 unspecified atom stereocenters. The van der Waals surface area contributed by atoms with Gasteiger partial charge in [-0.3, -0.25) is 0 Å². The van der Waals surface area contributed by atoms with Crippen LogP contribution in [0.1, 0.15) is 50.8 Å². The number of benzene rings is 1. The van der Waals surface area contributed by atoms with Crippen LogP contribution in [0.5, 0.6) is 0 Å². The van der Waals surface area contributed by atoms with Gasteiger partial charge in [0.15, 0.2) is 0 Å². The molecular weight excluding hydrogens is 400 g/mol. The summed E-state index contributed by atoms with van der Waals surface area (Å²) < 4.78 is 33.6. The van der Waals surface area contributed by atoms with Gasteiger partial charge in [-0.2, -0.15) is 5.10 Å². The molecular formula is C24H23F2N3O2. The molecule has 160 valence electrons. The quantitative estimate of drug-likeness (QED) is 0.387. The number of rotatable bonds is 5. The molecule has 1 aromatic heterocycles. The van der Waals surface area contributed by atoms with Crippen molar-refractivity contribution in [3.05, 3.63) is 70.7 Å². The second kappa shape index (κ2) is 7.52. The lowest BCUT2D eigenvalue weighted by Crippen LogP contribution is -2.44. The van der Waals surface area contributed by atoms with Crippen LogP contribution >= 0.6 is 0 Å². The van der Waals surface area contributed by atoms with Crippen LogP contribution in [0.2, 0.25) is 0 Å². The maximum atomic E-state index is 14.3. The van der Waals surface area contributed by atoms with Gasteiger partial charge in [-0.05, 0) is 54.9 Å². The summed E-state index contributed by atoms with van der Waals surface area (Å²) in [6.45, 7) is 14.0. The first-order valence-electron chi connectivity index (χ1n) is 10.3. The molecule has 7 heteroatoms. The maximum absolute atomic E-state index is 14.3. The third-order valence-corrected chi connectivity index (χ3v) is 7.03. The fourth-order valence-corrected chi connectivity index (χ4v) is 5.56. The average molecular weight is 423 g/mol. The largest absolute Gasteiger partial charge is 0.463 e. The molecule has 1 fully saturated rings. The summed E-state index contributed by atoms with van der Waals surface area (Å²) in [7, 11) is 0. The molecule has 4 rings (SSSR count). The van der Waals surface area contributed by atoms with Crippen molar-refractivity contribution in [2.24, 2.45) is 5.41 Å². The number of fused-ring (bicyclic) bond motifs is 5. The van der Waals surface area contributed by atoms with Gasteiger partial charge in [0.1, 0.15) is 11.6 Å². The van der Waals surface area contributed by atoms with E-state index >= 15 is 0 Å². The Balaban J connectivity index is 1.83. The molecule has 1 aromatic carbocycles. The third kappa shape index (κ3) is 2.96. The van der Waals surface area contributed by atoms with E-state index in [1.807, 2.05) is 0 Å². The Morgan fingerprint density at radius 1 is 1.35 bits per heavy atom. The van der Waals surface area contributed by atoms with Crippen LogP contribution in [-0.4, -0.2) is 28.8 Å². The van der Waals surface area contributed by atoms with Crippen molar-refractivity contribution in [2.75, 3.05) is 6.61 Å². The van der Waals surface area contributed by atoms with Crippen LogP contribution in [0.25, 0.3) is 16.1 Å². The first-order chi connectivity index (χ1) is 14.8. The minimum Gasteiger partial charge on any atom is -0.463 e. The second-order valence-corrected chi connectivity index (χ2v) is 8.60. The van der Waals surface area contributed by atoms with Crippen molar-refractivity contribution in [3.63, 3.8) is 0 Å². The van der Waals surface area contributed by atoms with Gasteiger partial charge in [0.05, 0.1) is 29.0 Å². The zero-order chi connectivity index (χ0) is 22.4. The predicted octanol–water partition coefficient (Wildman–Crippen LogP) is 4.98. The number of hydrogen-bond acceptors (Lipinski definition) is 4. The standard InChI is InChI=1S/C24H23F2N3O2/c1-5-31-20(30)10-9-19(27-4)24-12-11-15(23(24,2)3)14-13-18(28-29-22(14)24)21-16(25)7-6-8-17(21)26/h6-10,13,15,19H,5,11-12H2,1-3H3/b10-9+/t15-,19?,24-/m0/s1. The number of aromatic nitrogens is 2. The fourth-order valence-electron chi connectivity index (χ4n) is 5.56. The molecule has 2 aromatic rings. The highest BCUT2D eigenvalue weighted by Crippen LogP contribution is 2.69. The predicted molar refractivity (Wildman–Crippen MR) is 111 cm³/mol. The SMILES string of the molecule is [C-]#[N+]C(/C=C/C(=O)OCC)[C@@]12CC[C@@H](c3cc(-c4c(F)cccc4F)nnc31)C2(C)C. The smallest absolute Gasteiger partial charge is 0.330 e. The normalized spacial score (nSPS) is 24.1. The Morgan fingerprint density at radius 2 is 2.06 bits per heavy atom. The highest BCUT2D eigenvalue weighted by Gasteiger charge is 2.69. The van der Waals surface area contributed by atoms with Gasteiger partial charge in [0.2, 0.25) is 0 Å². The Hall–Kier alpha value is -3.14. The van der Waals surface area contributed by atoms with E-state index in [2.05, 4.69) is 28.9 Å². The van der Waals surface area contributed by atoms with Gasteiger partial charge in [-0.25, -0.2) is 20.1 Å². The van der Waals surface area contributed by atoms with E-state index in [0.717, 1.165) is 18.4 Å². The van der Waals surface area contributed by atoms with E-state index < -0.39 is 29.1 Å². The third-order valence-electron chi connectivity index (χ3n) is 7.03. The van der Waals surface area contributed by atoms with Crippen LogP contribution in [-0.2, 0) is 14.9 Å². The van der Waals surface area contributed by atoms with Crippen LogP contribution in [0, 0.1) is 23.6 Å². The molecule has 0 aliphatic heterocycles. The van der Waals surface area contributed by atoms with Crippen molar-refractivity contribution < 1.29 is 18.3 Å². The summed E-state index contributed by atoms with van der Waals surface area (Å²) in [6, 6.07) is 4.78. The minimum absolute atomic E-state index is 0.0758. The summed E-state index contributed by atoms with van der Waals surface area (Å²) in [4.78, 5) is 15.7. The molecule has 31 heavy (non-hydrogen) atoms. The molecule has 0 amide bonds. The van der Waals surface area contributed by atoms with Gasteiger partial charge in [-0.15, -0.1) is 5.10 Å². The molecule has 2 bridgehead atoms. The molecule has 5 nitrogen and oxygen atoms in total. The zero-order valence-corrected chi connectivity index (χ0v) is 17.7.